The minimum absolute atomic E-state index is 0.0270. The van der Waals surface area contributed by atoms with E-state index < -0.39 is 21.8 Å². The van der Waals surface area contributed by atoms with Crippen LogP contribution in [-0.2, 0) is 4.74 Å². The van der Waals surface area contributed by atoms with E-state index >= 15 is 0 Å². The Hall–Kier alpha value is -1.58. The zero-order valence-corrected chi connectivity index (χ0v) is 20.2. The second-order valence-electron chi connectivity index (χ2n) is 5.82. The first-order chi connectivity index (χ1) is 14.1. The molecule has 1 amide bonds. The molecule has 0 saturated carbocycles. The van der Waals surface area contributed by atoms with Gasteiger partial charge in [0.25, 0.3) is 5.91 Å². The molecule has 3 N–H and O–H groups in total. The number of hydrogen-bond donors (Lipinski definition) is 3. The van der Waals surface area contributed by atoms with Crippen molar-refractivity contribution >= 4 is 85.6 Å². The predicted molar refractivity (Wildman–Crippen MR) is 127 cm³/mol. The van der Waals surface area contributed by atoms with E-state index in [-0.39, 0.29) is 17.3 Å². The predicted octanol–water partition coefficient (Wildman–Crippen LogP) is 5.04. The molecule has 0 saturated heterocycles. The van der Waals surface area contributed by atoms with E-state index in [1.807, 2.05) is 0 Å². The summed E-state index contributed by atoms with van der Waals surface area (Å²) in [6, 6.07) is 13.3. The minimum atomic E-state index is -1.92. The summed E-state index contributed by atoms with van der Waals surface area (Å²) in [5.74, 6) is -0.981. The molecule has 0 heterocycles. The summed E-state index contributed by atoms with van der Waals surface area (Å²) in [4.78, 5) is 24.6. The smallest absolute Gasteiger partial charge is 0.340 e. The Morgan fingerprint density at radius 1 is 1.10 bits per heavy atom. The molecule has 2 rings (SSSR count). The third-order valence-corrected chi connectivity index (χ3v) is 5.06. The molecular formula is C19H17BrCl3N3O3S. The first kappa shape index (κ1) is 24.7. The van der Waals surface area contributed by atoms with Gasteiger partial charge >= 0.3 is 5.97 Å². The van der Waals surface area contributed by atoms with Gasteiger partial charge in [-0.3, -0.25) is 4.79 Å². The standard InChI is InChI=1S/C19H17BrCl3N3O3S/c1-2-29-16(28)13-5-3-4-6-14(13)24-18(30)26-17(19(21,22)23)25-15(27)11-7-9-12(20)10-8-11/h3-10,17H,2H2,1H3,(H,25,27)(H2,24,26,30). The highest BCUT2D eigenvalue weighted by atomic mass is 79.9. The number of halogens is 4. The van der Waals surface area contributed by atoms with Crippen LogP contribution in [0.2, 0.25) is 0 Å². The number of amides is 1. The lowest BCUT2D eigenvalue weighted by molar-refractivity contribution is 0.0527. The van der Waals surface area contributed by atoms with Crippen LogP contribution in [0.5, 0.6) is 0 Å². The highest BCUT2D eigenvalue weighted by Gasteiger charge is 2.35. The molecule has 0 aromatic heterocycles. The average molecular weight is 554 g/mol. The van der Waals surface area contributed by atoms with Crippen molar-refractivity contribution in [1.82, 2.24) is 10.6 Å². The third kappa shape index (κ3) is 7.28. The maximum atomic E-state index is 12.5. The monoisotopic (exact) mass is 551 g/mol. The van der Waals surface area contributed by atoms with Gasteiger partial charge in [-0.25, -0.2) is 4.79 Å². The van der Waals surface area contributed by atoms with Crippen LogP contribution in [0.1, 0.15) is 27.6 Å². The largest absolute Gasteiger partial charge is 0.462 e. The van der Waals surface area contributed by atoms with E-state index in [1.54, 1.807) is 55.5 Å². The summed E-state index contributed by atoms with van der Waals surface area (Å²) in [7, 11) is 0. The van der Waals surface area contributed by atoms with Crippen LogP contribution < -0.4 is 16.0 Å². The summed E-state index contributed by atoms with van der Waals surface area (Å²) in [5.41, 5.74) is 1.05. The van der Waals surface area contributed by atoms with Crippen LogP contribution in [0.3, 0.4) is 0 Å². The van der Waals surface area contributed by atoms with Gasteiger partial charge in [-0.2, -0.15) is 0 Å². The Labute approximate surface area is 202 Å². The number of ether oxygens (including phenoxy) is 1. The average Bonchev–Trinajstić information content (AvgIpc) is 2.67. The molecule has 0 aliphatic heterocycles. The number of carbonyl (C=O) groups is 2. The second kappa shape index (κ2) is 11.2. The summed E-state index contributed by atoms with van der Waals surface area (Å²) < 4.78 is 3.93. The van der Waals surface area contributed by atoms with Gasteiger partial charge in [-0.1, -0.05) is 62.9 Å². The maximum absolute atomic E-state index is 12.5. The fourth-order valence-electron chi connectivity index (χ4n) is 2.28. The van der Waals surface area contributed by atoms with Crippen LogP contribution in [0.25, 0.3) is 0 Å². The van der Waals surface area contributed by atoms with Gasteiger partial charge in [0.2, 0.25) is 3.79 Å². The Morgan fingerprint density at radius 3 is 2.33 bits per heavy atom. The molecule has 2 aromatic carbocycles. The van der Waals surface area contributed by atoms with Gasteiger partial charge in [0, 0.05) is 10.0 Å². The van der Waals surface area contributed by atoms with Crippen LogP contribution in [0.15, 0.2) is 53.0 Å². The molecule has 0 spiro atoms. The zero-order valence-electron chi connectivity index (χ0n) is 15.5. The number of alkyl halides is 3. The number of nitrogens with one attached hydrogen (secondary N) is 3. The van der Waals surface area contributed by atoms with Gasteiger partial charge in [0.05, 0.1) is 17.9 Å². The topological polar surface area (TPSA) is 79.5 Å². The van der Waals surface area contributed by atoms with Gasteiger partial charge in [-0.05, 0) is 55.5 Å². The van der Waals surface area contributed by atoms with Crippen molar-refractivity contribution in [2.45, 2.75) is 16.9 Å². The van der Waals surface area contributed by atoms with Crippen molar-refractivity contribution in [3.63, 3.8) is 0 Å². The molecule has 1 atom stereocenters. The molecule has 160 valence electrons. The van der Waals surface area contributed by atoms with E-state index in [4.69, 9.17) is 51.8 Å². The number of benzene rings is 2. The molecule has 30 heavy (non-hydrogen) atoms. The van der Waals surface area contributed by atoms with Gasteiger partial charge < -0.3 is 20.7 Å². The molecule has 1 unspecified atom stereocenters. The Bertz CT molecular complexity index is 923. The highest BCUT2D eigenvalue weighted by molar-refractivity contribution is 9.10. The number of para-hydroxylation sites is 1. The summed E-state index contributed by atoms with van der Waals surface area (Å²) >= 11 is 26.6. The van der Waals surface area contributed by atoms with Crippen molar-refractivity contribution in [2.75, 3.05) is 11.9 Å². The van der Waals surface area contributed by atoms with Crippen molar-refractivity contribution in [3.8, 4) is 0 Å². The first-order valence-electron chi connectivity index (χ1n) is 8.58. The van der Waals surface area contributed by atoms with Gasteiger partial charge in [-0.15, -0.1) is 0 Å². The number of hydrogen-bond acceptors (Lipinski definition) is 4. The molecular weight excluding hydrogens is 537 g/mol. The van der Waals surface area contributed by atoms with Crippen molar-refractivity contribution in [2.24, 2.45) is 0 Å². The van der Waals surface area contributed by atoms with Gasteiger partial charge in [0.15, 0.2) is 5.11 Å². The van der Waals surface area contributed by atoms with E-state index in [2.05, 4.69) is 31.9 Å². The van der Waals surface area contributed by atoms with E-state index in [0.29, 0.717) is 11.3 Å². The van der Waals surface area contributed by atoms with E-state index in [9.17, 15) is 9.59 Å². The molecule has 0 aliphatic rings. The molecule has 0 bridgehead atoms. The molecule has 6 nitrogen and oxygen atoms in total. The fraction of sp³-hybridized carbons (Fsp3) is 0.211. The lowest BCUT2D eigenvalue weighted by atomic mass is 10.2. The number of carbonyl (C=O) groups excluding carboxylic acids is 2. The molecule has 0 radical (unpaired) electrons. The molecule has 2 aromatic rings. The van der Waals surface area contributed by atoms with Crippen molar-refractivity contribution in [3.05, 3.63) is 64.1 Å². The molecule has 0 aliphatic carbocycles. The molecule has 11 heteroatoms. The maximum Gasteiger partial charge on any atom is 0.340 e. The minimum Gasteiger partial charge on any atom is -0.462 e. The number of rotatable bonds is 6. The van der Waals surface area contributed by atoms with Crippen LogP contribution >= 0.6 is 63.0 Å². The van der Waals surface area contributed by atoms with Crippen LogP contribution in [0, 0.1) is 0 Å². The van der Waals surface area contributed by atoms with E-state index in [0.717, 1.165) is 4.47 Å². The van der Waals surface area contributed by atoms with Crippen molar-refractivity contribution < 1.29 is 14.3 Å². The quantitative estimate of drug-likeness (QED) is 0.201. The zero-order chi connectivity index (χ0) is 22.3. The second-order valence-corrected chi connectivity index (χ2v) is 9.51. The summed E-state index contributed by atoms with van der Waals surface area (Å²) in [6.45, 7) is 1.94. The Kier molecular flexibility index (Phi) is 9.18. The highest BCUT2D eigenvalue weighted by Crippen LogP contribution is 2.29. The Morgan fingerprint density at radius 2 is 1.73 bits per heavy atom. The van der Waals surface area contributed by atoms with Gasteiger partial charge in [0.1, 0.15) is 6.17 Å². The summed E-state index contributed by atoms with van der Waals surface area (Å²) in [5, 5.41) is 8.22. The normalized spacial score (nSPS) is 11.9. The van der Waals surface area contributed by atoms with Crippen molar-refractivity contribution in [1.29, 1.82) is 0 Å². The number of anilines is 1. The number of esters is 1. The Balaban J connectivity index is 2.12. The SMILES string of the molecule is CCOC(=O)c1ccccc1NC(=S)NC(NC(=O)c1ccc(Br)cc1)C(Cl)(Cl)Cl. The lowest BCUT2D eigenvalue weighted by Crippen LogP contribution is -2.56. The third-order valence-electron chi connectivity index (χ3n) is 3.66. The summed E-state index contributed by atoms with van der Waals surface area (Å²) in [6.07, 6.45) is -1.16. The van der Waals surface area contributed by atoms with Crippen LogP contribution in [0.4, 0.5) is 5.69 Å². The van der Waals surface area contributed by atoms with E-state index in [1.165, 1.54) is 0 Å². The fourth-order valence-corrected chi connectivity index (χ4v) is 3.10. The number of thiocarbonyl (C=S) groups is 1. The molecule has 0 fully saturated rings. The van der Waals surface area contributed by atoms with Crippen LogP contribution in [-0.4, -0.2) is 33.6 Å². The lowest BCUT2D eigenvalue weighted by Gasteiger charge is -2.28. The first-order valence-corrected chi connectivity index (χ1v) is 10.9.